The SMILES string of the molecule is Nc1[nH]c(/C=C2/CCCCC2n2[nH]c(=O)n(-c3ccccc3)c2=O)c(Cc2ccccc2)[n+]1Cc1ccccc1. The van der Waals surface area contributed by atoms with Gasteiger partial charge in [-0.05, 0) is 54.2 Å². The summed E-state index contributed by atoms with van der Waals surface area (Å²) >= 11 is 0. The number of nitrogens with two attached hydrogens (primary N) is 1. The lowest BCUT2D eigenvalue weighted by Crippen LogP contribution is -2.40. The van der Waals surface area contributed by atoms with E-state index in [2.05, 4.69) is 45.0 Å². The number of nitrogens with one attached hydrogen (secondary N) is 2. The van der Waals surface area contributed by atoms with E-state index in [1.165, 1.54) is 14.8 Å². The van der Waals surface area contributed by atoms with Gasteiger partial charge < -0.3 is 0 Å². The molecule has 1 atom stereocenters. The molecule has 0 saturated heterocycles. The van der Waals surface area contributed by atoms with E-state index < -0.39 is 5.69 Å². The van der Waals surface area contributed by atoms with E-state index in [0.29, 0.717) is 24.6 Å². The van der Waals surface area contributed by atoms with Gasteiger partial charge in [0.05, 0.1) is 18.3 Å². The van der Waals surface area contributed by atoms with Gasteiger partial charge in [0.2, 0.25) is 0 Å². The van der Waals surface area contributed by atoms with Crippen molar-refractivity contribution < 1.29 is 4.57 Å². The normalized spacial score (nSPS) is 16.4. The number of nitrogens with zero attached hydrogens (tertiary/aromatic N) is 3. The zero-order chi connectivity index (χ0) is 27.5. The summed E-state index contributed by atoms with van der Waals surface area (Å²) in [4.78, 5) is 29.8. The van der Waals surface area contributed by atoms with Crippen molar-refractivity contribution in [1.29, 1.82) is 0 Å². The van der Waals surface area contributed by atoms with Crippen molar-refractivity contribution in [2.45, 2.75) is 44.7 Å². The molecule has 3 aromatic carbocycles. The summed E-state index contributed by atoms with van der Waals surface area (Å²) in [7, 11) is 0. The second-order valence-electron chi connectivity index (χ2n) is 10.3. The number of hydrogen-bond donors (Lipinski definition) is 3. The van der Waals surface area contributed by atoms with E-state index in [9.17, 15) is 9.59 Å². The summed E-state index contributed by atoms with van der Waals surface area (Å²) in [5.74, 6) is 0.579. The second kappa shape index (κ2) is 11.1. The van der Waals surface area contributed by atoms with E-state index in [4.69, 9.17) is 5.73 Å². The molecule has 8 nitrogen and oxygen atoms in total. The van der Waals surface area contributed by atoms with Crippen molar-refractivity contribution in [2.75, 3.05) is 5.73 Å². The van der Waals surface area contributed by atoms with Gasteiger partial charge in [-0.1, -0.05) is 85.3 Å². The maximum Gasteiger partial charge on any atom is 0.353 e. The Labute approximate surface area is 232 Å². The van der Waals surface area contributed by atoms with Crippen LogP contribution in [0.25, 0.3) is 11.8 Å². The fourth-order valence-electron chi connectivity index (χ4n) is 5.69. The summed E-state index contributed by atoms with van der Waals surface area (Å²) in [5, 5.41) is 2.83. The van der Waals surface area contributed by atoms with Gasteiger partial charge in [-0.2, -0.15) is 0 Å². The average Bonchev–Trinajstić information content (AvgIpc) is 3.44. The molecule has 202 valence electrons. The van der Waals surface area contributed by atoms with Gasteiger partial charge in [0.15, 0.2) is 0 Å². The highest BCUT2D eigenvalue weighted by molar-refractivity contribution is 5.54. The molecule has 1 fully saturated rings. The Morgan fingerprint density at radius 1 is 0.875 bits per heavy atom. The molecule has 0 radical (unpaired) electrons. The Hall–Kier alpha value is -4.85. The van der Waals surface area contributed by atoms with Crippen LogP contribution in [0.4, 0.5) is 5.95 Å². The number of aromatic amines is 2. The van der Waals surface area contributed by atoms with Crippen LogP contribution in [0.1, 0.15) is 54.2 Å². The van der Waals surface area contributed by atoms with Crippen molar-refractivity contribution in [2.24, 2.45) is 0 Å². The zero-order valence-electron chi connectivity index (χ0n) is 22.3. The van der Waals surface area contributed by atoms with Gasteiger partial charge >= 0.3 is 17.3 Å². The third-order valence-corrected chi connectivity index (χ3v) is 7.68. The monoisotopic (exact) mass is 533 g/mol. The highest BCUT2D eigenvalue weighted by Gasteiger charge is 2.27. The molecule has 8 heteroatoms. The van der Waals surface area contributed by atoms with E-state index in [1.807, 2.05) is 54.6 Å². The van der Waals surface area contributed by atoms with E-state index in [1.54, 1.807) is 12.1 Å². The van der Waals surface area contributed by atoms with Crippen LogP contribution in [0.5, 0.6) is 0 Å². The van der Waals surface area contributed by atoms with Gasteiger partial charge in [0, 0.05) is 6.42 Å². The molecule has 0 spiro atoms. The van der Waals surface area contributed by atoms with Crippen molar-refractivity contribution in [3.8, 4) is 5.69 Å². The Balaban J connectivity index is 1.43. The van der Waals surface area contributed by atoms with Gasteiger partial charge in [-0.25, -0.2) is 33.5 Å². The minimum absolute atomic E-state index is 0.240. The summed E-state index contributed by atoms with van der Waals surface area (Å²) in [5.41, 5.74) is 11.8. The number of benzene rings is 3. The zero-order valence-corrected chi connectivity index (χ0v) is 22.3. The minimum Gasteiger partial charge on any atom is -0.290 e. The summed E-state index contributed by atoms with van der Waals surface area (Å²) in [6.07, 6.45) is 6.45. The van der Waals surface area contributed by atoms with Crippen LogP contribution in [-0.4, -0.2) is 19.3 Å². The number of anilines is 1. The fourth-order valence-corrected chi connectivity index (χ4v) is 5.69. The molecule has 1 unspecified atom stereocenters. The largest absolute Gasteiger partial charge is 0.353 e. The third-order valence-electron chi connectivity index (χ3n) is 7.68. The first-order valence-corrected chi connectivity index (χ1v) is 13.8. The highest BCUT2D eigenvalue weighted by atomic mass is 16.2. The first-order chi connectivity index (χ1) is 19.6. The van der Waals surface area contributed by atoms with Crippen LogP contribution in [0.15, 0.2) is 106 Å². The number of para-hydroxylation sites is 1. The number of imidazole rings is 1. The highest BCUT2D eigenvalue weighted by Crippen LogP contribution is 2.34. The maximum atomic E-state index is 13.5. The molecule has 1 aliphatic rings. The predicted molar refractivity (Wildman–Crippen MR) is 156 cm³/mol. The topological polar surface area (TPSA) is 105 Å². The van der Waals surface area contributed by atoms with E-state index in [-0.39, 0.29) is 11.7 Å². The summed E-state index contributed by atoms with van der Waals surface area (Å²) in [6, 6.07) is 29.4. The van der Waals surface area contributed by atoms with Gasteiger partial charge in [-0.15, -0.1) is 0 Å². The number of aromatic nitrogens is 5. The van der Waals surface area contributed by atoms with Crippen LogP contribution in [-0.2, 0) is 13.0 Å². The quantitative estimate of drug-likeness (QED) is 0.271. The number of nitrogen functional groups attached to an aromatic ring is 1. The maximum absolute atomic E-state index is 13.5. The molecule has 6 rings (SSSR count). The number of allylic oxidation sites excluding steroid dienone is 1. The molecule has 4 N–H and O–H groups in total. The molecule has 0 bridgehead atoms. The lowest BCUT2D eigenvalue weighted by Gasteiger charge is -2.25. The standard InChI is InChI=1S/C32H32N6O2/c33-30-34-27(29(20-23-12-4-1-5-13-23)36(30)22-24-14-6-2-7-15-24)21-25-16-10-11-19-28(25)38-32(40)37(31(39)35-38)26-17-8-3-9-18-26/h1-9,12-15,17-18,21,28H,10-11,16,19-20,22H2,(H3,33,34,35,39)/p+1/b25-21-. The summed E-state index contributed by atoms with van der Waals surface area (Å²) < 4.78 is 4.83. The molecule has 2 heterocycles. The average molecular weight is 534 g/mol. The van der Waals surface area contributed by atoms with Gasteiger partial charge in [-0.3, -0.25) is 5.73 Å². The number of H-pyrrole nitrogens is 2. The first-order valence-electron chi connectivity index (χ1n) is 13.8. The number of hydrogen-bond acceptors (Lipinski definition) is 3. The van der Waals surface area contributed by atoms with Crippen molar-refractivity contribution >= 4 is 12.0 Å². The predicted octanol–water partition coefficient (Wildman–Crippen LogP) is 4.36. The fraction of sp³-hybridized carbons (Fsp3) is 0.219. The Bertz CT molecular complexity index is 1740. The third kappa shape index (κ3) is 5.08. The first kappa shape index (κ1) is 25.4. The summed E-state index contributed by atoms with van der Waals surface area (Å²) in [6.45, 7) is 0.643. The van der Waals surface area contributed by atoms with Crippen LogP contribution in [0, 0.1) is 0 Å². The van der Waals surface area contributed by atoms with E-state index >= 15 is 0 Å². The van der Waals surface area contributed by atoms with Crippen molar-refractivity contribution in [3.05, 3.63) is 140 Å². The molecule has 1 aliphatic carbocycles. The minimum atomic E-state index is -0.435. The molecular formula is C32H33N6O2+. The molecule has 5 aromatic rings. The lowest BCUT2D eigenvalue weighted by atomic mass is 9.89. The Morgan fingerprint density at radius 2 is 1.52 bits per heavy atom. The second-order valence-corrected chi connectivity index (χ2v) is 10.3. The van der Waals surface area contributed by atoms with Crippen LogP contribution < -0.4 is 21.7 Å². The number of rotatable bonds is 7. The lowest BCUT2D eigenvalue weighted by molar-refractivity contribution is -0.679. The van der Waals surface area contributed by atoms with Crippen molar-refractivity contribution in [1.82, 2.24) is 19.3 Å². The van der Waals surface area contributed by atoms with Gasteiger partial charge in [0.1, 0.15) is 11.4 Å². The molecular weight excluding hydrogens is 500 g/mol. The van der Waals surface area contributed by atoms with E-state index in [0.717, 1.165) is 48.2 Å². The molecule has 1 saturated carbocycles. The molecule has 2 aromatic heterocycles. The van der Waals surface area contributed by atoms with Crippen LogP contribution in [0.3, 0.4) is 0 Å². The van der Waals surface area contributed by atoms with Gasteiger partial charge in [0.25, 0.3) is 0 Å². The molecule has 0 amide bonds. The van der Waals surface area contributed by atoms with Crippen molar-refractivity contribution in [3.63, 3.8) is 0 Å². The Morgan fingerprint density at radius 3 is 2.23 bits per heavy atom. The van der Waals surface area contributed by atoms with Crippen LogP contribution >= 0.6 is 0 Å². The smallest absolute Gasteiger partial charge is 0.290 e. The van der Waals surface area contributed by atoms with Crippen LogP contribution in [0.2, 0.25) is 0 Å². The molecule has 40 heavy (non-hydrogen) atoms. The molecule has 0 aliphatic heterocycles. The Kier molecular flexibility index (Phi) is 7.06.